The van der Waals surface area contributed by atoms with Gasteiger partial charge in [-0.15, -0.1) is 29.3 Å². The van der Waals surface area contributed by atoms with Crippen molar-refractivity contribution in [2.45, 2.75) is 18.2 Å². The van der Waals surface area contributed by atoms with E-state index in [4.69, 9.17) is 11.6 Å². The number of hydrogen-bond acceptors (Lipinski definition) is 7. The fourth-order valence-corrected chi connectivity index (χ4v) is 7.89. The first kappa shape index (κ1) is 24.8. The maximum Gasteiger partial charge on any atom is 0.238 e. The summed E-state index contributed by atoms with van der Waals surface area (Å²) in [5.41, 5.74) is 0.645. The van der Waals surface area contributed by atoms with E-state index in [1.807, 2.05) is 12.1 Å². The molecule has 1 aliphatic heterocycles. The van der Waals surface area contributed by atoms with Crippen molar-refractivity contribution in [2.24, 2.45) is 0 Å². The summed E-state index contributed by atoms with van der Waals surface area (Å²) in [6.07, 6.45) is 1.59. The Kier molecular flexibility index (Phi) is 7.39. The number of benzene rings is 1. The van der Waals surface area contributed by atoms with E-state index >= 15 is 0 Å². The molecule has 3 heterocycles. The fourth-order valence-electron chi connectivity index (χ4n) is 3.70. The Bertz CT molecular complexity index is 1350. The molecule has 0 spiro atoms. The van der Waals surface area contributed by atoms with Crippen molar-refractivity contribution < 1.29 is 18.0 Å². The standard InChI is InChI=1S/C22H23ClN4O4S3/c1-3-19(18-8-14-4-5-15(23)9-17(14)33-18)34(30,31)27-7-6-26(22(29)12-27)11-21-25-16(13-32-21)10-20(28)24-2/h3-5,8-9,13,19H,1,6-7,10-12H2,2H3,(H,24,28). The monoisotopic (exact) mass is 538 g/mol. The molecule has 3 aromatic rings. The second kappa shape index (κ2) is 10.1. The molecular weight excluding hydrogens is 516 g/mol. The third-order valence-corrected chi connectivity index (χ3v) is 10.1. The van der Waals surface area contributed by atoms with Gasteiger partial charge in [0.15, 0.2) is 0 Å². The van der Waals surface area contributed by atoms with Crippen LogP contribution in [-0.4, -0.2) is 61.1 Å². The zero-order valence-corrected chi connectivity index (χ0v) is 21.6. The van der Waals surface area contributed by atoms with Gasteiger partial charge in [0.2, 0.25) is 21.8 Å². The Balaban J connectivity index is 1.45. The van der Waals surface area contributed by atoms with Gasteiger partial charge in [-0.1, -0.05) is 23.7 Å². The van der Waals surface area contributed by atoms with Crippen LogP contribution < -0.4 is 5.32 Å². The van der Waals surface area contributed by atoms with Crippen LogP contribution in [0.4, 0.5) is 0 Å². The molecule has 2 amide bonds. The molecule has 0 aliphatic carbocycles. The predicted octanol–water partition coefficient (Wildman–Crippen LogP) is 3.20. The number of rotatable bonds is 8. The van der Waals surface area contributed by atoms with E-state index in [9.17, 15) is 18.0 Å². The number of carbonyl (C=O) groups excluding carboxylic acids is 2. The third-order valence-electron chi connectivity index (χ3n) is 5.51. The summed E-state index contributed by atoms with van der Waals surface area (Å²) in [7, 11) is -2.27. The number of sulfonamides is 1. The van der Waals surface area contributed by atoms with Crippen molar-refractivity contribution >= 4 is 66.2 Å². The SMILES string of the molecule is C=CC(c1cc2ccc(Cl)cc2s1)S(=O)(=O)N1CCN(Cc2nc(CC(=O)NC)cs2)C(=O)C1. The van der Waals surface area contributed by atoms with Crippen LogP contribution >= 0.6 is 34.3 Å². The molecule has 8 nitrogen and oxygen atoms in total. The number of thiophene rings is 1. The van der Waals surface area contributed by atoms with Gasteiger partial charge >= 0.3 is 0 Å². The lowest BCUT2D eigenvalue weighted by Crippen LogP contribution is -2.52. The van der Waals surface area contributed by atoms with Crippen LogP contribution in [0.3, 0.4) is 0 Å². The van der Waals surface area contributed by atoms with E-state index in [1.54, 1.807) is 29.5 Å². The molecule has 0 saturated carbocycles. The quantitative estimate of drug-likeness (QED) is 0.444. The summed E-state index contributed by atoms with van der Waals surface area (Å²) in [6, 6.07) is 7.25. The molecule has 2 aromatic heterocycles. The maximum absolute atomic E-state index is 13.4. The number of thiazole rings is 1. The molecule has 1 fully saturated rings. The first-order valence-corrected chi connectivity index (χ1v) is 14.0. The van der Waals surface area contributed by atoms with Gasteiger partial charge in [-0.25, -0.2) is 13.4 Å². The van der Waals surface area contributed by atoms with Gasteiger partial charge in [-0.3, -0.25) is 9.59 Å². The van der Waals surface area contributed by atoms with Gasteiger partial charge in [0, 0.05) is 40.1 Å². The fraction of sp³-hybridized carbons (Fsp3) is 0.318. The van der Waals surface area contributed by atoms with Crippen molar-refractivity contribution in [1.29, 1.82) is 0 Å². The van der Waals surface area contributed by atoms with Crippen LogP contribution in [0, 0.1) is 0 Å². The molecular formula is C22H23ClN4O4S3. The molecule has 180 valence electrons. The number of piperazine rings is 1. The molecule has 1 atom stereocenters. The minimum absolute atomic E-state index is 0.134. The normalized spacial score (nSPS) is 16.1. The molecule has 1 unspecified atom stereocenters. The number of amides is 2. The average Bonchev–Trinajstić information content (AvgIpc) is 3.41. The van der Waals surface area contributed by atoms with Crippen LogP contribution in [0.5, 0.6) is 0 Å². The Morgan fingerprint density at radius 2 is 2.15 bits per heavy atom. The number of hydrogen-bond donors (Lipinski definition) is 1. The number of likely N-dealkylation sites (N-methyl/N-ethyl adjacent to an activating group) is 1. The van der Waals surface area contributed by atoms with E-state index in [0.29, 0.717) is 20.6 Å². The Morgan fingerprint density at radius 1 is 1.35 bits per heavy atom. The number of nitrogens with zero attached hydrogens (tertiary/aromatic N) is 3. The molecule has 1 N–H and O–H groups in total. The number of nitrogens with one attached hydrogen (secondary N) is 1. The highest BCUT2D eigenvalue weighted by Crippen LogP contribution is 2.37. The second-order valence-electron chi connectivity index (χ2n) is 7.76. The molecule has 1 aromatic carbocycles. The van der Waals surface area contributed by atoms with E-state index < -0.39 is 15.3 Å². The molecule has 0 bridgehead atoms. The zero-order valence-electron chi connectivity index (χ0n) is 18.4. The maximum atomic E-state index is 13.4. The largest absolute Gasteiger partial charge is 0.359 e. The molecule has 12 heteroatoms. The lowest BCUT2D eigenvalue weighted by molar-refractivity contribution is -0.134. The van der Waals surface area contributed by atoms with Crippen molar-refractivity contribution in [3.63, 3.8) is 0 Å². The summed E-state index contributed by atoms with van der Waals surface area (Å²) in [4.78, 5) is 31.0. The van der Waals surface area contributed by atoms with Gasteiger partial charge < -0.3 is 10.2 Å². The smallest absolute Gasteiger partial charge is 0.238 e. The van der Waals surface area contributed by atoms with Crippen LogP contribution in [0.25, 0.3) is 10.1 Å². The van der Waals surface area contributed by atoms with Gasteiger partial charge in [0.05, 0.1) is 25.2 Å². The van der Waals surface area contributed by atoms with Gasteiger partial charge in [0.1, 0.15) is 10.3 Å². The van der Waals surface area contributed by atoms with Crippen molar-refractivity contribution in [2.75, 3.05) is 26.7 Å². The summed E-state index contributed by atoms with van der Waals surface area (Å²) in [5, 5.41) is 5.60. The Morgan fingerprint density at radius 3 is 2.85 bits per heavy atom. The summed E-state index contributed by atoms with van der Waals surface area (Å²) >= 11 is 8.80. The molecule has 4 rings (SSSR count). The van der Waals surface area contributed by atoms with Crippen molar-refractivity contribution in [3.8, 4) is 0 Å². The number of carbonyl (C=O) groups is 2. The highest BCUT2D eigenvalue weighted by Gasteiger charge is 2.37. The molecule has 0 radical (unpaired) electrons. The van der Waals surface area contributed by atoms with E-state index in [0.717, 1.165) is 10.1 Å². The van der Waals surface area contributed by atoms with Crippen molar-refractivity contribution in [3.05, 3.63) is 62.9 Å². The van der Waals surface area contributed by atoms with Crippen LogP contribution in [0.15, 0.2) is 42.3 Å². The Hall–Kier alpha value is -2.31. The van der Waals surface area contributed by atoms with Crippen LogP contribution in [0.1, 0.15) is 20.8 Å². The second-order valence-corrected chi connectivity index (χ2v) is 12.3. The topological polar surface area (TPSA) is 99.7 Å². The lowest BCUT2D eigenvalue weighted by atomic mass is 10.2. The molecule has 34 heavy (non-hydrogen) atoms. The van der Waals surface area contributed by atoms with E-state index in [1.165, 1.54) is 33.1 Å². The summed E-state index contributed by atoms with van der Waals surface area (Å²) in [5.74, 6) is -0.422. The lowest BCUT2D eigenvalue weighted by Gasteiger charge is -2.34. The molecule has 1 saturated heterocycles. The third kappa shape index (κ3) is 5.18. The van der Waals surface area contributed by atoms with Gasteiger partial charge in [0.25, 0.3) is 0 Å². The highest BCUT2D eigenvalue weighted by molar-refractivity contribution is 7.89. The number of halogens is 1. The average molecular weight is 539 g/mol. The predicted molar refractivity (Wildman–Crippen MR) is 136 cm³/mol. The number of aromatic nitrogens is 1. The zero-order chi connectivity index (χ0) is 24.5. The van der Waals surface area contributed by atoms with Gasteiger partial charge in [-0.05, 0) is 23.6 Å². The van der Waals surface area contributed by atoms with Crippen LogP contribution in [-0.2, 0) is 32.6 Å². The minimum atomic E-state index is -3.84. The van der Waals surface area contributed by atoms with E-state index in [2.05, 4.69) is 16.9 Å². The van der Waals surface area contributed by atoms with Crippen LogP contribution in [0.2, 0.25) is 5.02 Å². The minimum Gasteiger partial charge on any atom is -0.359 e. The first-order chi connectivity index (χ1) is 16.2. The first-order valence-electron chi connectivity index (χ1n) is 10.4. The number of fused-ring (bicyclic) bond motifs is 1. The van der Waals surface area contributed by atoms with E-state index in [-0.39, 0.29) is 44.4 Å². The highest BCUT2D eigenvalue weighted by atomic mass is 35.5. The Labute approximate surface area is 210 Å². The summed E-state index contributed by atoms with van der Waals surface area (Å²) in [6.45, 7) is 4.24. The summed E-state index contributed by atoms with van der Waals surface area (Å²) < 4.78 is 29.0. The molecule has 1 aliphatic rings. The van der Waals surface area contributed by atoms with Crippen molar-refractivity contribution in [1.82, 2.24) is 19.5 Å². The van der Waals surface area contributed by atoms with Gasteiger partial charge in [-0.2, -0.15) is 4.31 Å².